The first-order valence-corrected chi connectivity index (χ1v) is 13.1. The number of pyridine rings is 1. The van der Waals surface area contributed by atoms with E-state index in [1.165, 1.54) is 42.7 Å². The number of Topliss-reactive ketones (excluding diaryl/α,β-unsaturated/α-hetero) is 1. The van der Waals surface area contributed by atoms with Crippen LogP contribution in [0.3, 0.4) is 0 Å². The highest BCUT2D eigenvalue weighted by Gasteiger charge is 2.49. The van der Waals surface area contributed by atoms with E-state index in [0.717, 1.165) is 29.7 Å². The summed E-state index contributed by atoms with van der Waals surface area (Å²) in [5.41, 5.74) is 6.33. The number of nitrogens with two attached hydrogens (primary N) is 1. The highest BCUT2D eigenvalue weighted by atomic mass is 32.2. The zero-order valence-electron chi connectivity index (χ0n) is 21.0. The normalized spacial score (nSPS) is 21.8. The maximum atomic E-state index is 14.3. The zero-order valence-corrected chi connectivity index (χ0v) is 21.8. The maximum absolute atomic E-state index is 14.3. The van der Waals surface area contributed by atoms with Crippen molar-refractivity contribution in [1.82, 2.24) is 9.29 Å². The Morgan fingerprint density at radius 3 is 2.52 bits per heavy atom. The molecule has 0 amide bonds. The number of alkyl halides is 3. The molecule has 1 aliphatic carbocycles. The summed E-state index contributed by atoms with van der Waals surface area (Å²) < 4.78 is 68.6. The molecule has 3 aromatic rings. The van der Waals surface area contributed by atoms with E-state index in [4.69, 9.17) is 5.73 Å². The Labute approximate surface area is 231 Å². The second-order valence-electron chi connectivity index (χ2n) is 9.48. The number of aliphatic imine (C=N–C) groups is 1. The number of piperidine rings is 1. The van der Waals surface area contributed by atoms with Gasteiger partial charge in [0.2, 0.25) is 0 Å². The van der Waals surface area contributed by atoms with Crippen molar-refractivity contribution >= 4 is 29.1 Å². The van der Waals surface area contributed by atoms with Gasteiger partial charge in [-0.05, 0) is 97.2 Å². The fourth-order valence-electron chi connectivity index (χ4n) is 4.97. The van der Waals surface area contributed by atoms with Gasteiger partial charge in [-0.3, -0.25) is 9.78 Å². The van der Waals surface area contributed by atoms with E-state index in [1.54, 1.807) is 18.2 Å². The van der Waals surface area contributed by atoms with Gasteiger partial charge in [-0.25, -0.2) is 18.1 Å². The van der Waals surface area contributed by atoms with Crippen LogP contribution in [-0.4, -0.2) is 33.9 Å². The molecule has 1 unspecified atom stereocenters. The molecule has 40 heavy (non-hydrogen) atoms. The van der Waals surface area contributed by atoms with Gasteiger partial charge in [-0.1, -0.05) is 11.6 Å². The van der Waals surface area contributed by atoms with Gasteiger partial charge < -0.3 is 5.73 Å². The van der Waals surface area contributed by atoms with E-state index < -0.39 is 28.8 Å². The number of carbonyl (C=O) groups excluding carboxylic acids is 1. The zero-order chi connectivity index (χ0) is 28.5. The molecule has 2 heterocycles. The smallest absolute Gasteiger partial charge is 0.404 e. The van der Waals surface area contributed by atoms with Gasteiger partial charge in [-0.15, -0.1) is 0 Å². The van der Waals surface area contributed by atoms with Gasteiger partial charge in [0.25, 0.3) is 0 Å². The van der Waals surface area contributed by atoms with Crippen LogP contribution in [0, 0.1) is 17.0 Å². The predicted octanol–water partition coefficient (Wildman–Crippen LogP) is 6.91. The first kappa shape index (κ1) is 27.7. The lowest BCUT2D eigenvalue weighted by atomic mass is 9.64. The number of aromatic nitrogens is 1. The number of nitrogens with zero attached hydrogens (tertiary/aromatic N) is 3. The molecule has 0 radical (unpaired) electrons. The van der Waals surface area contributed by atoms with Gasteiger partial charge in [0.15, 0.2) is 5.78 Å². The number of rotatable bonds is 5. The van der Waals surface area contributed by atoms with Gasteiger partial charge >= 0.3 is 6.18 Å². The van der Waals surface area contributed by atoms with Crippen molar-refractivity contribution in [1.29, 1.82) is 0 Å². The van der Waals surface area contributed by atoms with Gasteiger partial charge in [-0.2, -0.15) is 13.2 Å². The summed E-state index contributed by atoms with van der Waals surface area (Å²) in [7, 11) is 0. The molecule has 11 heteroatoms. The molecule has 5 rings (SSSR count). The molecule has 0 spiro atoms. The predicted molar refractivity (Wildman–Crippen MR) is 143 cm³/mol. The van der Waals surface area contributed by atoms with E-state index in [2.05, 4.69) is 9.98 Å². The summed E-state index contributed by atoms with van der Waals surface area (Å²) in [5.74, 6) is -1.98. The molecule has 1 aromatic heterocycles. The van der Waals surface area contributed by atoms with E-state index in [-0.39, 0.29) is 29.3 Å². The van der Waals surface area contributed by atoms with Gasteiger partial charge in [0.05, 0.1) is 22.4 Å². The average Bonchev–Trinajstić information content (AvgIpc) is 2.93. The molecule has 5 nitrogen and oxygen atoms in total. The molecule has 2 aliphatic rings. The van der Waals surface area contributed by atoms with Crippen LogP contribution < -0.4 is 5.73 Å². The van der Waals surface area contributed by atoms with Crippen LogP contribution in [0.1, 0.15) is 28.9 Å². The Morgan fingerprint density at radius 1 is 1.10 bits per heavy atom. The first-order valence-electron chi connectivity index (χ1n) is 12.3. The van der Waals surface area contributed by atoms with E-state index in [9.17, 15) is 26.7 Å². The van der Waals surface area contributed by atoms with Crippen LogP contribution in [-0.2, 0) is 6.18 Å². The van der Waals surface area contributed by atoms with E-state index >= 15 is 0 Å². The lowest BCUT2D eigenvalue weighted by Gasteiger charge is -2.45. The van der Waals surface area contributed by atoms with Crippen LogP contribution in [0.2, 0.25) is 0 Å². The third-order valence-electron chi connectivity index (χ3n) is 6.91. The largest absolute Gasteiger partial charge is 0.419 e. The Kier molecular flexibility index (Phi) is 7.61. The number of hydrogen-bond donors (Lipinski definition) is 1. The lowest BCUT2D eigenvalue weighted by molar-refractivity contribution is -0.140. The molecule has 206 valence electrons. The fourth-order valence-corrected chi connectivity index (χ4v) is 6.02. The summed E-state index contributed by atoms with van der Waals surface area (Å²) in [5, 5.41) is 0. The van der Waals surface area contributed by atoms with Crippen LogP contribution in [0.15, 0.2) is 100 Å². The van der Waals surface area contributed by atoms with E-state index in [0.29, 0.717) is 29.9 Å². The molecule has 1 aliphatic heterocycles. The van der Waals surface area contributed by atoms with Crippen molar-refractivity contribution in [3.8, 4) is 0 Å². The van der Waals surface area contributed by atoms with Crippen LogP contribution in [0.25, 0.3) is 0 Å². The highest BCUT2D eigenvalue weighted by Crippen LogP contribution is 2.48. The number of fused-ring (bicyclic) bond motifs is 1. The Bertz CT molecular complexity index is 1520. The SMILES string of the molecule is NC=C1CC2(C(=O)c3ccccn3)CN(Sc3ccc(C(F)(F)F)c(F)c3)CCC2=CC1=Nc1ccc(F)cc1. The minimum absolute atomic E-state index is 0.183. The Hall–Kier alpha value is -3.83. The average molecular weight is 571 g/mol. The van der Waals surface area contributed by atoms with Crippen molar-refractivity contribution in [3.63, 3.8) is 0 Å². The first-order chi connectivity index (χ1) is 19.1. The topological polar surface area (TPSA) is 71.6 Å². The molecule has 1 fully saturated rings. The highest BCUT2D eigenvalue weighted by molar-refractivity contribution is 7.97. The second kappa shape index (κ2) is 11.0. The van der Waals surface area contributed by atoms with Crippen molar-refractivity contribution in [3.05, 3.63) is 113 Å². The van der Waals surface area contributed by atoms with E-state index in [1.807, 2.05) is 10.4 Å². The summed E-state index contributed by atoms with van der Waals surface area (Å²) >= 11 is 1.09. The monoisotopic (exact) mass is 570 g/mol. The van der Waals surface area contributed by atoms with Crippen molar-refractivity contribution in [2.24, 2.45) is 16.1 Å². The number of halogens is 5. The Balaban J connectivity index is 1.52. The number of allylic oxidation sites excluding steroid dienone is 2. The number of ketones is 1. The minimum atomic E-state index is -4.79. The molecule has 0 bridgehead atoms. The molecule has 2 N–H and O–H groups in total. The van der Waals surface area contributed by atoms with Crippen molar-refractivity contribution < 1.29 is 26.7 Å². The number of benzene rings is 2. The van der Waals surface area contributed by atoms with Crippen molar-refractivity contribution in [2.75, 3.05) is 13.1 Å². The molecule has 1 atom stereocenters. The molecular formula is C29H23F5N4OS. The maximum Gasteiger partial charge on any atom is 0.419 e. The van der Waals surface area contributed by atoms with Crippen LogP contribution >= 0.6 is 11.9 Å². The standard InChI is InChI=1S/C29H23F5N4OS/c30-20-4-6-21(7-5-20)37-26-13-19-10-12-38(40-22-8-9-23(24(31)14-22)29(32,33)34)17-28(19,15-18(26)16-35)27(39)25-3-1-2-11-36-25/h1-9,11,13-14,16H,10,12,15,17,35H2. The molecule has 1 saturated heterocycles. The fraction of sp³-hybridized carbons (Fsp3) is 0.207. The van der Waals surface area contributed by atoms with Gasteiger partial charge in [0.1, 0.15) is 17.3 Å². The Morgan fingerprint density at radius 2 is 1.88 bits per heavy atom. The summed E-state index contributed by atoms with van der Waals surface area (Å²) in [6.07, 6.45) is 0.583. The second-order valence-corrected chi connectivity index (χ2v) is 10.7. The molecule has 2 aromatic carbocycles. The third kappa shape index (κ3) is 5.57. The summed E-state index contributed by atoms with van der Waals surface area (Å²) in [6, 6.07) is 13.5. The lowest BCUT2D eigenvalue weighted by Crippen LogP contribution is -2.49. The molecular weight excluding hydrogens is 547 g/mol. The van der Waals surface area contributed by atoms with Crippen molar-refractivity contribution in [2.45, 2.75) is 23.9 Å². The van der Waals surface area contributed by atoms with Crippen LogP contribution in [0.4, 0.5) is 27.6 Å². The summed E-state index contributed by atoms with van der Waals surface area (Å²) in [6.45, 7) is 0.630. The molecule has 0 saturated carbocycles. The number of carbonyl (C=O) groups is 1. The van der Waals surface area contributed by atoms with Crippen LogP contribution in [0.5, 0.6) is 0 Å². The third-order valence-corrected chi connectivity index (χ3v) is 7.95. The van der Waals surface area contributed by atoms with Gasteiger partial charge in [0, 0.05) is 24.2 Å². The minimum Gasteiger partial charge on any atom is -0.404 e. The summed E-state index contributed by atoms with van der Waals surface area (Å²) in [4.78, 5) is 23.2. The quantitative estimate of drug-likeness (QED) is 0.205. The number of hydrogen-bond acceptors (Lipinski definition) is 6.